The number of primary amides is 1. The van der Waals surface area contributed by atoms with E-state index in [2.05, 4.69) is 10.3 Å². The van der Waals surface area contributed by atoms with E-state index < -0.39 is 5.91 Å². The van der Waals surface area contributed by atoms with E-state index in [1.807, 2.05) is 0 Å². The molecule has 0 unspecified atom stereocenters. The second kappa shape index (κ2) is 5.82. The summed E-state index contributed by atoms with van der Waals surface area (Å²) in [5.74, 6) is -0.471. The number of carbonyl (C=O) groups is 1. The van der Waals surface area contributed by atoms with E-state index in [1.54, 1.807) is 31.3 Å². The zero-order valence-electron chi connectivity index (χ0n) is 9.00. The van der Waals surface area contributed by atoms with Gasteiger partial charge in [-0.05, 0) is 24.3 Å². The van der Waals surface area contributed by atoms with E-state index in [-0.39, 0.29) is 6.61 Å². The highest BCUT2D eigenvalue weighted by Crippen LogP contribution is 2.13. The van der Waals surface area contributed by atoms with Crippen molar-refractivity contribution in [2.75, 3.05) is 20.2 Å². The van der Waals surface area contributed by atoms with Gasteiger partial charge in [0.2, 0.25) is 5.91 Å². The molecule has 0 heterocycles. The molecule has 0 saturated heterocycles. The molecule has 0 aliphatic heterocycles. The zero-order chi connectivity index (χ0) is 12.0. The Morgan fingerprint density at radius 1 is 1.44 bits per heavy atom. The van der Waals surface area contributed by atoms with Crippen LogP contribution in [0.5, 0.6) is 0 Å². The van der Waals surface area contributed by atoms with Crippen LogP contribution in [0.15, 0.2) is 34.6 Å². The molecule has 0 saturated carbocycles. The van der Waals surface area contributed by atoms with Gasteiger partial charge in [0, 0.05) is 12.6 Å². The standard InChI is InChI=1S/C10H14N4O2/c1-14(6-7-15)13-12-9-4-2-8(3-5-9)10(11)16/h2-5,15H,6-7H2,1H3,(H2,11,16). The maximum absolute atomic E-state index is 10.8. The number of carbonyl (C=O) groups excluding carboxylic acids is 1. The molecule has 1 amide bonds. The first kappa shape index (κ1) is 12.1. The third kappa shape index (κ3) is 3.66. The summed E-state index contributed by atoms with van der Waals surface area (Å²) in [7, 11) is 1.71. The number of rotatable bonds is 5. The quantitative estimate of drug-likeness (QED) is 0.567. The Morgan fingerprint density at radius 3 is 2.56 bits per heavy atom. The van der Waals surface area contributed by atoms with Crippen molar-refractivity contribution in [2.24, 2.45) is 16.1 Å². The van der Waals surface area contributed by atoms with Gasteiger partial charge in [0.15, 0.2) is 0 Å². The van der Waals surface area contributed by atoms with Crippen LogP contribution in [0.25, 0.3) is 0 Å². The summed E-state index contributed by atoms with van der Waals surface area (Å²) in [6.07, 6.45) is 0. The van der Waals surface area contributed by atoms with Gasteiger partial charge in [-0.1, -0.05) is 5.22 Å². The van der Waals surface area contributed by atoms with Gasteiger partial charge >= 0.3 is 0 Å². The third-order valence-corrected chi connectivity index (χ3v) is 1.89. The van der Waals surface area contributed by atoms with Crippen LogP contribution in [0.1, 0.15) is 10.4 Å². The van der Waals surface area contributed by atoms with Crippen molar-refractivity contribution in [1.82, 2.24) is 5.01 Å². The van der Waals surface area contributed by atoms with Gasteiger partial charge in [-0.2, -0.15) is 0 Å². The molecule has 0 aromatic heterocycles. The Labute approximate surface area is 93.4 Å². The fraction of sp³-hybridized carbons (Fsp3) is 0.300. The molecule has 16 heavy (non-hydrogen) atoms. The molecule has 0 radical (unpaired) electrons. The molecule has 6 heteroatoms. The molecule has 0 atom stereocenters. The minimum Gasteiger partial charge on any atom is -0.394 e. The lowest BCUT2D eigenvalue weighted by Crippen LogP contribution is -2.14. The summed E-state index contributed by atoms with van der Waals surface area (Å²) in [6.45, 7) is 0.443. The van der Waals surface area contributed by atoms with Crippen molar-refractivity contribution >= 4 is 11.6 Å². The number of aliphatic hydroxyl groups is 1. The molecule has 1 aromatic carbocycles. The van der Waals surface area contributed by atoms with Crippen molar-refractivity contribution in [3.05, 3.63) is 29.8 Å². The Kier molecular flexibility index (Phi) is 4.41. The summed E-state index contributed by atoms with van der Waals surface area (Å²) in [4.78, 5) is 10.8. The Hall–Kier alpha value is -1.95. The first-order chi connectivity index (χ1) is 7.63. The summed E-state index contributed by atoms with van der Waals surface area (Å²) < 4.78 is 0. The number of amides is 1. The lowest BCUT2D eigenvalue weighted by molar-refractivity contribution is 0.100. The van der Waals surface area contributed by atoms with Crippen LogP contribution in [-0.4, -0.2) is 36.2 Å². The average molecular weight is 222 g/mol. The smallest absolute Gasteiger partial charge is 0.248 e. The van der Waals surface area contributed by atoms with Crippen LogP contribution >= 0.6 is 0 Å². The minimum atomic E-state index is -0.471. The zero-order valence-corrected chi connectivity index (χ0v) is 9.00. The molecule has 1 rings (SSSR count). The predicted octanol–water partition coefficient (Wildman–Crippen LogP) is 0.708. The van der Waals surface area contributed by atoms with Crippen LogP contribution in [0.2, 0.25) is 0 Å². The van der Waals surface area contributed by atoms with Gasteiger partial charge < -0.3 is 10.8 Å². The maximum atomic E-state index is 10.8. The van der Waals surface area contributed by atoms with Gasteiger partial charge in [-0.15, -0.1) is 5.11 Å². The molecule has 6 nitrogen and oxygen atoms in total. The largest absolute Gasteiger partial charge is 0.394 e. The van der Waals surface area contributed by atoms with E-state index in [4.69, 9.17) is 10.8 Å². The summed E-state index contributed by atoms with van der Waals surface area (Å²) in [5.41, 5.74) is 6.15. The summed E-state index contributed by atoms with van der Waals surface area (Å²) in [6, 6.07) is 6.47. The molecule has 0 spiro atoms. The molecule has 0 bridgehead atoms. The van der Waals surface area contributed by atoms with Crippen LogP contribution in [0.3, 0.4) is 0 Å². The van der Waals surface area contributed by atoms with E-state index in [9.17, 15) is 4.79 Å². The topological polar surface area (TPSA) is 91.3 Å². The highest BCUT2D eigenvalue weighted by Gasteiger charge is 1.98. The van der Waals surface area contributed by atoms with E-state index in [0.717, 1.165) is 0 Å². The lowest BCUT2D eigenvalue weighted by atomic mass is 10.2. The fourth-order valence-corrected chi connectivity index (χ4v) is 1.01. The first-order valence-electron chi connectivity index (χ1n) is 4.77. The Morgan fingerprint density at radius 2 is 2.06 bits per heavy atom. The van der Waals surface area contributed by atoms with Crippen molar-refractivity contribution in [3.8, 4) is 0 Å². The number of likely N-dealkylation sites (N-methyl/N-ethyl adjacent to an activating group) is 1. The van der Waals surface area contributed by atoms with Crippen molar-refractivity contribution in [1.29, 1.82) is 0 Å². The van der Waals surface area contributed by atoms with Gasteiger partial charge in [0.05, 0.1) is 18.8 Å². The number of nitrogens with zero attached hydrogens (tertiary/aromatic N) is 3. The van der Waals surface area contributed by atoms with Crippen LogP contribution in [-0.2, 0) is 0 Å². The van der Waals surface area contributed by atoms with Crippen molar-refractivity contribution < 1.29 is 9.90 Å². The van der Waals surface area contributed by atoms with Crippen molar-refractivity contribution in [2.45, 2.75) is 0 Å². The molecule has 86 valence electrons. The SMILES string of the molecule is CN(CCO)N=Nc1ccc(C(N)=O)cc1. The fourth-order valence-electron chi connectivity index (χ4n) is 1.01. The van der Waals surface area contributed by atoms with Gasteiger partial charge in [-0.25, -0.2) is 0 Å². The lowest BCUT2D eigenvalue weighted by Gasteiger charge is -2.07. The number of hydrogen-bond donors (Lipinski definition) is 2. The maximum Gasteiger partial charge on any atom is 0.248 e. The minimum absolute atomic E-state index is 0.0239. The molecule has 0 aliphatic rings. The molecule has 1 aromatic rings. The van der Waals surface area contributed by atoms with Crippen LogP contribution in [0.4, 0.5) is 5.69 Å². The van der Waals surface area contributed by atoms with E-state index >= 15 is 0 Å². The van der Waals surface area contributed by atoms with E-state index in [1.165, 1.54) is 5.01 Å². The molecular weight excluding hydrogens is 208 g/mol. The van der Waals surface area contributed by atoms with Gasteiger partial charge in [0.25, 0.3) is 0 Å². The number of benzene rings is 1. The highest BCUT2D eigenvalue weighted by atomic mass is 16.3. The van der Waals surface area contributed by atoms with Gasteiger partial charge in [-0.3, -0.25) is 9.80 Å². The second-order valence-electron chi connectivity index (χ2n) is 3.21. The number of aliphatic hydroxyl groups excluding tert-OH is 1. The normalized spacial score (nSPS) is 10.6. The molecular formula is C10H14N4O2. The Balaban J connectivity index is 2.64. The third-order valence-electron chi connectivity index (χ3n) is 1.89. The van der Waals surface area contributed by atoms with E-state index in [0.29, 0.717) is 17.8 Å². The second-order valence-corrected chi connectivity index (χ2v) is 3.21. The number of hydrogen-bond acceptors (Lipinski definition) is 4. The summed E-state index contributed by atoms with van der Waals surface area (Å²) >= 11 is 0. The molecule has 0 fully saturated rings. The van der Waals surface area contributed by atoms with Crippen LogP contribution < -0.4 is 5.73 Å². The molecule has 3 N–H and O–H groups in total. The summed E-state index contributed by atoms with van der Waals surface area (Å²) in [5, 5.41) is 17.9. The Bertz CT molecular complexity index is 375. The van der Waals surface area contributed by atoms with Crippen molar-refractivity contribution in [3.63, 3.8) is 0 Å². The molecule has 0 aliphatic carbocycles. The van der Waals surface area contributed by atoms with Gasteiger partial charge in [0.1, 0.15) is 0 Å². The first-order valence-corrected chi connectivity index (χ1v) is 4.77. The number of nitrogens with two attached hydrogens (primary N) is 1. The predicted molar refractivity (Wildman–Crippen MR) is 59.2 cm³/mol. The monoisotopic (exact) mass is 222 g/mol. The van der Waals surface area contributed by atoms with Crippen LogP contribution in [0, 0.1) is 0 Å². The highest BCUT2D eigenvalue weighted by molar-refractivity contribution is 5.92. The average Bonchev–Trinajstić information content (AvgIpc) is 2.27.